The average molecular weight is 401 g/mol. The van der Waals surface area contributed by atoms with Crippen LogP contribution in [0.1, 0.15) is 28.8 Å². The van der Waals surface area contributed by atoms with E-state index in [1.807, 2.05) is 60.0 Å². The van der Waals surface area contributed by atoms with Crippen LogP contribution < -0.4 is 11.1 Å². The van der Waals surface area contributed by atoms with Crippen LogP contribution in [-0.2, 0) is 4.74 Å². The van der Waals surface area contributed by atoms with E-state index in [0.717, 1.165) is 41.7 Å². The molecule has 2 aromatic carbocycles. The van der Waals surface area contributed by atoms with Crippen LogP contribution in [0.3, 0.4) is 0 Å². The Morgan fingerprint density at radius 2 is 2.00 bits per heavy atom. The molecule has 3 N–H and O–H groups in total. The minimum atomic E-state index is -0.260. The summed E-state index contributed by atoms with van der Waals surface area (Å²) in [4.78, 5) is 22.7. The highest BCUT2D eigenvalue weighted by Gasteiger charge is 2.26. The zero-order valence-corrected chi connectivity index (χ0v) is 16.8. The van der Waals surface area contributed by atoms with Gasteiger partial charge in [-0.3, -0.25) is 9.36 Å². The second-order valence-electron chi connectivity index (χ2n) is 7.66. The molecule has 0 saturated carbocycles. The molecule has 3 heterocycles. The zero-order valence-electron chi connectivity index (χ0n) is 16.8. The van der Waals surface area contributed by atoms with E-state index in [4.69, 9.17) is 20.4 Å². The topological polar surface area (TPSA) is 95.1 Å². The predicted octanol–water partition coefficient (Wildman–Crippen LogP) is 3.37. The molecule has 1 amide bonds. The second kappa shape index (κ2) is 7.42. The third-order valence-corrected chi connectivity index (χ3v) is 5.50. The van der Waals surface area contributed by atoms with Gasteiger partial charge >= 0.3 is 0 Å². The Kier molecular flexibility index (Phi) is 4.59. The molecule has 1 aliphatic heterocycles. The minimum Gasteiger partial charge on any atom is -0.384 e. The average Bonchev–Trinajstić information content (AvgIpc) is 3.35. The first kappa shape index (κ1) is 18.6. The van der Waals surface area contributed by atoms with Crippen molar-refractivity contribution in [2.45, 2.75) is 25.9 Å². The lowest BCUT2D eigenvalue weighted by molar-refractivity contribution is 0.0859. The molecular formula is C23H23N5O2. The number of hydrogen-bond donors (Lipinski definition) is 2. The SMILES string of the molecule is Cc1cccc(-n2c(N)c(C(=O)NC[C@@H]3CCCO3)c3nc4ccccc4nc32)c1. The molecule has 0 spiro atoms. The van der Waals surface area contributed by atoms with Gasteiger partial charge in [0.2, 0.25) is 0 Å². The Morgan fingerprint density at radius 1 is 1.20 bits per heavy atom. The number of amides is 1. The Balaban J connectivity index is 1.67. The van der Waals surface area contributed by atoms with Gasteiger partial charge in [-0.15, -0.1) is 0 Å². The van der Waals surface area contributed by atoms with Crippen LogP contribution >= 0.6 is 0 Å². The number of ether oxygens (including phenoxy) is 1. The van der Waals surface area contributed by atoms with Gasteiger partial charge in [-0.25, -0.2) is 9.97 Å². The van der Waals surface area contributed by atoms with Crippen LogP contribution in [0.2, 0.25) is 0 Å². The summed E-state index contributed by atoms with van der Waals surface area (Å²) in [5, 5.41) is 2.97. The number of fused-ring (bicyclic) bond motifs is 2. The highest BCUT2D eigenvalue weighted by atomic mass is 16.5. The van der Waals surface area contributed by atoms with Crippen molar-refractivity contribution in [3.8, 4) is 5.69 Å². The maximum atomic E-state index is 13.2. The van der Waals surface area contributed by atoms with E-state index in [9.17, 15) is 4.79 Å². The van der Waals surface area contributed by atoms with Crippen molar-refractivity contribution in [2.24, 2.45) is 0 Å². The van der Waals surface area contributed by atoms with Gasteiger partial charge in [0.1, 0.15) is 16.9 Å². The molecule has 5 rings (SSSR count). The highest BCUT2D eigenvalue weighted by Crippen LogP contribution is 2.31. The van der Waals surface area contributed by atoms with Gasteiger partial charge in [-0.2, -0.15) is 0 Å². The lowest BCUT2D eigenvalue weighted by Gasteiger charge is -2.11. The lowest BCUT2D eigenvalue weighted by atomic mass is 10.2. The molecule has 1 atom stereocenters. The molecule has 7 nitrogen and oxygen atoms in total. The molecule has 0 aliphatic carbocycles. The molecule has 7 heteroatoms. The number of nitrogens with one attached hydrogen (secondary N) is 1. The molecule has 0 unspecified atom stereocenters. The van der Waals surface area contributed by atoms with Crippen molar-refractivity contribution in [2.75, 3.05) is 18.9 Å². The van der Waals surface area contributed by atoms with Gasteiger partial charge in [0.05, 0.1) is 17.1 Å². The molecule has 1 aliphatic rings. The van der Waals surface area contributed by atoms with Gasteiger partial charge in [0, 0.05) is 18.8 Å². The number of aryl methyl sites for hydroxylation is 1. The number of anilines is 1. The van der Waals surface area contributed by atoms with E-state index in [2.05, 4.69) is 5.32 Å². The molecule has 1 fully saturated rings. The summed E-state index contributed by atoms with van der Waals surface area (Å²) in [6.07, 6.45) is 2.02. The van der Waals surface area contributed by atoms with E-state index in [1.54, 1.807) is 0 Å². The van der Waals surface area contributed by atoms with Crippen molar-refractivity contribution < 1.29 is 9.53 Å². The molecular weight excluding hydrogens is 378 g/mol. The number of para-hydroxylation sites is 2. The number of carbonyl (C=O) groups excluding carboxylic acids is 1. The predicted molar refractivity (Wildman–Crippen MR) is 117 cm³/mol. The van der Waals surface area contributed by atoms with E-state index >= 15 is 0 Å². The summed E-state index contributed by atoms with van der Waals surface area (Å²) in [5.74, 6) is 0.0692. The Hall–Kier alpha value is -3.45. The van der Waals surface area contributed by atoms with Gasteiger partial charge in [-0.1, -0.05) is 24.3 Å². The van der Waals surface area contributed by atoms with Gasteiger partial charge in [0.15, 0.2) is 5.65 Å². The molecule has 1 saturated heterocycles. The second-order valence-corrected chi connectivity index (χ2v) is 7.66. The summed E-state index contributed by atoms with van der Waals surface area (Å²) in [7, 11) is 0. The fourth-order valence-electron chi connectivity index (χ4n) is 4.01. The summed E-state index contributed by atoms with van der Waals surface area (Å²) in [6.45, 7) is 3.21. The third kappa shape index (κ3) is 3.17. The van der Waals surface area contributed by atoms with E-state index in [1.165, 1.54) is 0 Å². The molecule has 152 valence electrons. The highest BCUT2D eigenvalue weighted by molar-refractivity contribution is 6.11. The molecule has 2 aromatic heterocycles. The lowest BCUT2D eigenvalue weighted by Crippen LogP contribution is -2.32. The van der Waals surface area contributed by atoms with Gasteiger partial charge in [-0.05, 0) is 49.6 Å². The van der Waals surface area contributed by atoms with E-state index in [-0.39, 0.29) is 12.0 Å². The zero-order chi connectivity index (χ0) is 20.7. The van der Waals surface area contributed by atoms with Gasteiger partial charge in [0.25, 0.3) is 5.91 Å². The number of nitrogens with two attached hydrogens (primary N) is 1. The number of aromatic nitrogens is 3. The van der Waals surface area contributed by atoms with E-state index < -0.39 is 0 Å². The molecule has 0 radical (unpaired) electrons. The molecule has 0 bridgehead atoms. The first-order valence-corrected chi connectivity index (χ1v) is 10.2. The normalized spacial score (nSPS) is 16.4. The maximum Gasteiger partial charge on any atom is 0.257 e. The number of nitrogen functional groups attached to an aromatic ring is 1. The summed E-state index contributed by atoms with van der Waals surface area (Å²) < 4.78 is 7.43. The van der Waals surface area contributed by atoms with Crippen LogP contribution in [0.4, 0.5) is 5.82 Å². The Bertz CT molecular complexity index is 1260. The minimum absolute atomic E-state index is 0.0483. The number of nitrogens with zero attached hydrogens (tertiary/aromatic N) is 3. The maximum absolute atomic E-state index is 13.2. The largest absolute Gasteiger partial charge is 0.384 e. The Labute approximate surface area is 173 Å². The summed E-state index contributed by atoms with van der Waals surface area (Å²) in [6, 6.07) is 15.6. The molecule has 30 heavy (non-hydrogen) atoms. The third-order valence-electron chi connectivity index (χ3n) is 5.50. The number of carbonyl (C=O) groups is 1. The number of benzene rings is 2. The Morgan fingerprint density at radius 3 is 2.73 bits per heavy atom. The fourth-order valence-corrected chi connectivity index (χ4v) is 4.01. The van der Waals surface area contributed by atoms with Crippen LogP contribution in [0, 0.1) is 6.92 Å². The van der Waals surface area contributed by atoms with E-state index in [0.29, 0.717) is 29.1 Å². The number of hydrogen-bond acceptors (Lipinski definition) is 5. The van der Waals surface area contributed by atoms with Crippen LogP contribution in [0.15, 0.2) is 48.5 Å². The number of rotatable bonds is 4. The smallest absolute Gasteiger partial charge is 0.257 e. The van der Waals surface area contributed by atoms with Crippen molar-refractivity contribution in [1.82, 2.24) is 19.9 Å². The monoisotopic (exact) mass is 401 g/mol. The molecule has 4 aromatic rings. The van der Waals surface area contributed by atoms with Crippen LogP contribution in [0.5, 0.6) is 0 Å². The quantitative estimate of drug-likeness (QED) is 0.547. The first-order chi connectivity index (χ1) is 14.6. The van der Waals surface area contributed by atoms with Crippen molar-refractivity contribution in [3.63, 3.8) is 0 Å². The van der Waals surface area contributed by atoms with Gasteiger partial charge < -0.3 is 15.8 Å². The van der Waals surface area contributed by atoms with Crippen LogP contribution in [-0.4, -0.2) is 39.7 Å². The van der Waals surface area contributed by atoms with Crippen molar-refractivity contribution >= 4 is 33.9 Å². The summed E-state index contributed by atoms with van der Waals surface area (Å²) >= 11 is 0. The summed E-state index contributed by atoms with van der Waals surface area (Å²) in [5.41, 5.74) is 11.4. The standard InChI is InChI=1S/C23H23N5O2/c1-14-6-4-7-15(12-14)28-21(24)19(23(29)25-13-16-8-5-11-30-16)20-22(28)27-18-10-3-2-9-17(18)26-20/h2-4,6-7,9-10,12,16H,5,8,11,13,24H2,1H3,(H,25,29)/t16-/m0/s1. The van der Waals surface area contributed by atoms with Crippen LogP contribution in [0.25, 0.3) is 27.9 Å². The van der Waals surface area contributed by atoms with Crippen molar-refractivity contribution in [1.29, 1.82) is 0 Å². The first-order valence-electron chi connectivity index (χ1n) is 10.2. The fraction of sp³-hybridized carbons (Fsp3) is 0.261. The van der Waals surface area contributed by atoms with Crippen molar-refractivity contribution in [3.05, 3.63) is 59.7 Å².